The van der Waals surface area contributed by atoms with Gasteiger partial charge in [-0.2, -0.15) is 0 Å². The molecule has 1 aliphatic carbocycles. The molecule has 1 aliphatic rings. The van der Waals surface area contributed by atoms with Crippen LogP contribution < -0.4 is 0 Å². The van der Waals surface area contributed by atoms with Crippen LogP contribution in [0.1, 0.15) is 23.3 Å². The van der Waals surface area contributed by atoms with E-state index in [4.69, 9.17) is 4.42 Å². The molecule has 0 spiro atoms. The molecule has 0 saturated heterocycles. The molecular weight excluding hydrogens is 136 g/mol. The molecule has 0 radical (unpaired) electrons. The lowest BCUT2D eigenvalue weighted by molar-refractivity contribution is 0.529. The van der Waals surface area contributed by atoms with Gasteiger partial charge in [0, 0.05) is 0 Å². The van der Waals surface area contributed by atoms with Crippen molar-refractivity contribution in [2.45, 2.75) is 26.2 Å². The van der Waals surface area contributed by atoms with Crippen molar-refractivity contribution in [1.29, 1.82) is 0 Å². The van der Waals surface area contributed by atoms with Crippen LogP contribution in [0.2, 0.25) is 0 Å². The number of aryl methyl sites for hydroxylation is 1. The van der Waals surface area contributed by atoms with E-state index in [0.717, 1.165) is 25.0 Å². The van der Waals surface area contributed by atoms with E-state index in [1.54, 1.807) is 0 Å². The summed E-state index contributed by atoms with van der Waals surface area (Å²) in [6.45, 7) is 6.02. The van der Waals surface area contributed by atoms with Gasteiger partial charge in [0.1, 0.15) is 5.76 Å². The number of rotatable bonds is 0. The second kappa shape index (κ2) is 2.26. The standard InChI is InChI=1S/C10H12O/c1-7-3-4-10-8(2)11-6-9(10)5-7/h6H,1,3-5H2,2H3. The van der Waals surface area contributed by atoms with Crippen LogP contribution in [0.15, 0.2) is 22.8 Å². The number of furan rings is 1. The third kappa shape index (κ3) is 1.01. The van der Waals surface area contributed by atoms with Crippen LogP contribution in [-0.2, 0) is 12.8 Å². The van der Waals surface area contributed by atoms with Crippen molar-refractivity contribution in [2.24, 2.45) is 0 Å². The normalized spacial score (nSPS) is 16.6. The van der Waals surface area contributed by atoms with Crippen LogP contribution in [-0.4, -0.2) is 0 Å². The molecule has 2 rings (SSSR count). The monoisotopic (exact) mass is 148 g/mol. The fourth-order valence-corrected chi connectivity index (χ4v) is 1.67. The van der Waals surface area contributed by atoms with Crippen LogP contribution in [0.3, 0.4) is 0 Å². The van der Waals surface area contributed by atoms with E-state index in [9.17, 15) is 0 Å². The SMILES string of the molecule is C=C1CCc2c(coc2C)C1. The van der Waals surface area contributed by atoms with Crippen molar-refractivity contribution in [3.05, 3.63) is 35.3 Å². The molecule has 1 nitrogen and oxygen atoms in total. The molecule has 58 valence electrons. The number of hydrogen-bond acceptors (Lipinski definition) is 1. The van der Waals surface area contributed by atoms with Gasteiger partial charge in [0.05, 0.1) is 6.26 Å². The van der Waals surface area contributed by atoms with Crippen LogP contribution in [0, 0.1) is 6.92 Å². The summed E-state index contributed by atoms with van der Waals surface area (Å²) in [4.78, 5) is 0. The summed E-state index contributed by atoms with van der Waals surface area (Å²) in [5.74, 6) is 1.09. The molecule has 0 aromatic carbocycles. The molecular formula is C10H12O. The zero-order valence-electron chi connectivity index (χ0n) is 6.81. The lowest BCUT2D eigenvalue weighted by Gasteiger charge is -2.12. The van der Waals surface area contributed by atoms with Crippen molar-refractivity contribution in [2.75, 3.05) is 0 Å². The summed E-state index contributed by atoms with van der Waals surface area (Å²) in [5, 5.41) is 0. The second-order valence-corrected chi connectivity index (χ2v) is 3.22. The van der Waals surface area contributed by atoms with E-state index < -0.39 is 0 Å². The Bertz CT molecular complexity index is 294. The van der Waals surface area contributed by atoms with E-state index in [0.29, 0.717) is 0 Å². The maximum atomic E-state index is 5.32. The van der Waals surface area contributed by atoms with Crippen molar-refractivity contribution < 1.29 is 4.42 Å². The Morgan fingerprint density at radius 1 is 1.45 bits per heavy atom. The predicted octanol–water partition coefficient (Wildman–Crippen LogP) is 2.63. The van der Waals surface area contributed by atoms with Gasteiger partial charge < -0.3 is 4.42 Å². The highest BCUT2D eigenvalue weighted by atomic mass is 16.3. The summed E-state index contributed by atoms with van der Waals surface area (Å²) in [6, 6.07) is 0. The van der Waals surface area contributed by atoms with Crippen LogP contribution in [0.25, 0.3) is 0 Å². The minimum absolute atomic E-state index is 1.02. The topological polar surface area (TPSA) is 13.1 Å². The average molecular weight is 148 g/mol. The van der Waals surface area contributed by atoms with E-state index in [1.807, 2.05) is 13.2 Å². The number of hydrogen-bond donors (Lipinski definition) is 0. The lowest BCUT2D eigenvalue weighted by atomic mass is 9.91. The molecule has 0 amide bonds. The Balaban J connectivity index is 2.44. The summed E-state index contributed by atoms with van der Waals surface area (Å²) in [6.07, 6.45) is 5.14. The van der Waals surface area contributed by atoms with E-state index in [2.05, 4.69) is 6.58 Å². The van der Waals surface area contributed by atoms with Crippen LogP contribution >= 0.6 is 0 Å². The smallest absolute Gasteiger partial charge is 0.104 e. The molecule has 0 bridgehead atoms. The van der Waals surface area contributed by atoms with E-state index in [-0.39, 0.29) is 0 Å². The minimum Gasteiger partial charge on any atom is -0.469 e. The highest BCUT2D eigenvalue weighted by Gasteiger charge is 2.15. The van der Waals surface area contributed by atoms with Crippen molar-refractivity contribution in [1.82, 2.24) is 0 Å². The molecule has 1 aromatic rings. The zero-order valence-corrected chi connectivity index (χ0v) is 6.81. The summed E-state index contributed by atoms with van der Waals surface area (Å²) >= 11 is 0. The third-order valence-corrected chi connectivity index (χ3v) is 2.36. The summed E-state index contributed by atoms with van der Waals surface area (Å²) in [7, 11) is 0. The predicted molar refractivity (Wildman–Crippen MR) is 44.6 cm³/mol. The molecule has 1 aromatic heterocycles. The zero-order chi connectivity index (χ0) is 7.84. The first kappa shape index (κ1) is 6.71. The fourth-order valence-electron chi connectivity index (χ4n) is 1.67. The molecule has 0 N–H and O–H groups in total. The number of allylic oxidation sites excluding steroid dienone is 1. The fraction of sp³-hybridized carbons (Fsp3) is 0.400. The average Bonchev–Trinajstić information content (AvgIpc) is 2.32. The van der Waals surface area contributed by atoms with Gasteiger partial charge in [0.25, 0.3) is 0 Å². The van der Waals surface area contributed by atoms with Gasteiger partial charge in [-0.05, 0) is 37.3 Å². The van der Waals surface area contributed by atoms with Gasteiger partial charge >= 0.3 is 0 Å². The molecule has 0 aliphatic heterocycles. The van der Waals surface area contributed by atoms with Gasteiger partial charge in [-0.15, -0.1) is 0 Å². The Morgan fingerprint density at radius 3 is 3.09 bits per heavy atom. The van der Waals surface area contributed by atoms with Crippen LogP contribution in [0.4, 0.5) is 0 Å². The van der Waals surface area contributed by atoms with Gasteiger partial charge in [0.2, 0.25) is 0 Å². The quantitative estimate of drug-likeness (QED) is 0.515. The molecule has 0 fully saturated rings. The Morgan fingerprint density at radius 2 is 2.27 bits per heavy atom. The van der Waals surface area contributed by atoms with Gasteiger partial charge in [-0.25, -0.2) is 0 Å². The van der Waals surface area contributed by atoms with Crippen molar-refractivity contribution in [3.63, 3.8) is 0 Å². The first-order valence-electron chi connectivity index (χ1n) is 4.00. The second-order valence-electron chi connectivity index (χ2n) is 3.22. The Hall–Kier alpha value is -0.980. The minimum atomic E-state index is 1.02. The van der Waals surface area contributed by atoms with E-state index >= 15 is 0 Å². The first-order valence-corrected chi connectivity index (χ1v) is 4.00. The Kier molecular flexibility index (Phi) is 1.38. The van der Waals surface area contributed by atoms with Gasteiger partial charge in [-0.1, -0.05) is 12.2 Å². The third-order valence-electron chi connectivity index (χ3n) is 2.36. The van der Waals surface area contributed by atoms with Crippen LogP contribution in [0.5, 0.6) is 0 Å². The number of fused-ring (bicyclic) bond motifs is 1. The largest absolute Gasteiger partial charge is 0.469 e. The maximum absolute atomic E-state index is 5.32. The summed E-state index contributed by atoms with van der Waals surface area (Å²) in [5.41, 5.74) is 4.09. The molecule has 0 saturated carbocycles. The van der Waals surface area contributed by atoms with Gasteiger partial charge in [-0.3, -0.25) is 0 Å². The molecule has 1 heteroatoms. The lowest BCUT2D eigenvalue weighted by Crippen LogP contribution is -2.02. The molecule has 0 atom stereocenters. The van der Waals surface area contributed by atoms with Crippen molar-refractivity contribution >= 4 is 0 Å². The maximum Gasteiger partial charge on any atom is 0.104 e. The molecule has 0 unspecified atom stereocenters. The van der Waals surface area contributed by atoms with E-state index in [1.165, 1.54) is 16.7 Å². The van der Waals surface area contributed by atoms with Crippen molar-refractivity contribution in [3.8, 4) is 0 Å². The first-order chi connectivity index (χ1) is 5.27. The molecule has 1 heterocycles. The molecule has 11 heavy (non-hydrogen) atoms. The highest BCUT2D eigenvalue weighted by Crippen LogP contribution is 2.27. The highest BCUT2D eigenvalue weighted by molar-refractivity contribution is 5.34. The summed E-state index contributed by atoms with van der Waals surface area (Å²) < 4.78 is 5.32. The Labute approximate surface area is 66.7 Å². The van der Waals surface area contributed by atoms with Gasteiger partial charge in [0.15, 0.2) is 0 Å².